The van der Waals surface area contributed by atoms with E-state index in [1.807, 2.05) is 0 Å². The molecular weight excluding hydrogens is 383 g/mol. The first kappa shape index (κ1) is 18.6. The smallest absolute Gasteiger partial charge is 0.450 e. The van der Waals surface area contributed by atoms with Crippen LogP contribution in [-0.2, 0) is 6.18 Å². The van der Waals surface area contributed by atoms with Crippen molar-refractivity contribution in [2.24, 2.45) is 0 Å². The predicted molar refractivity (Wildman–Crippen MR) is 102 cm³/mol. The number of nitrogens with zero attached hydrogens (tertiary/aromatic N) is 1. The van der Waals surface area contributed by atoms with Crippen LogP contribution in [0.3, 0.4) is 0 Å². The fraction of sp³-hybridized carbons (Fsp3) is 0.0909. The number of alkyl halides is 3. The van der Waals surface area contributed by atoms with E-state index in [4.69, 9.17) is 14.4 Å². The summed E-state index contributed by atoms with van der Waals surface area (Å²) < 4.78 is 51.8. The van der Waals surface area contributed by atoms with E-state index in [2.05, 4.69) is 0 Å². The zero-order valence-corrected chi connectivity index (χ0v) is 14.8. The van der Waals surface area contributed by atoms with Gasteiger partial charge >= 0.3 is 6.18 Å². The van der Waals surface area contributed by atoms with Gasteiger partial charge in [-0.3, -0.25) is 4.79 Å². The fourth-order valence-corrected chi connectivity index (χ4v) is 3.27. The second-order valence-electron chi connectivity index (χ2n) is 6.26. The van der Waals surface area contributed by atoms with Crippen LogP contribution in [0.25, 0.3) is 32.9 Å². The molecule has 1 heterocycles. The van der Waals surface area contributed by atoms with Crippen LogP contribution in [0.2, 0.25) is 0 Å². The Balaban J connectivity index is 2.06. The molecule has 0 aliphatic rings. The zero-order chi connectivity index (χ0) is 20.6. The molecule has 4 aromatic rings. The molecule has 0 N–H and O–H groups in total. The molecule has 4 nitrogen and oxygen atoms in total. The molecule has 144 valence electrons. The van der Waals surface area contributed by atoms with Crippen LogP contribution in [0.1, 0.15) is 5.76 Å². The molecule has 29 heavy (non-hydrogen) atoms. The Kier molecular flexibility index (Phi) is 4.47. The van der Waals surface area contributed by atoms with E-state index in [1.54, 1.807) is 42.5 Å². The molecule has 0 aliphatic heterocycles. The summed E-state index contributed by atoms with van der Waals surface area (Å²) in [6, 6.07) is 17.4. The van der Waals surface area contributed by atoms with E-state index >= 15 is 0 Å². The molecule has 0 atom stereocenters. The number of halogens is 3. The third kappa shape index (κ3) is 3.29. The summed E-state index contributed by atoms with van der Waals surface area (Å²) in [5.74, 6) is -1.24. The van der Waals surface area contributed by atoms with Gasteiger partial charge in [0.15, 0.2) is 6.61 Å². The van der Waals surface area contributed by atoms with Crippen molar-refractivity contribution >= 4 is 21.7 Å². The van der Waals surface area contributed by atoms with Crippen LogP contribution >= 0.6 is 0 Å². The van der Waals surface area contributed by atoms with Gasteiger partial charge in [-0.25, -0.2) is 0 Å². The summed E-state index contributed by atoms with van der Waals surface area (Å²) in [6.45, 7) is -0.282. The Morgan fingerprint density at radius 3 is 2.52 bits per heavy atom. The molecule has 3 aromatic carbocycles. The normalized spacial score (nSPS) is 11.5. The molecule has 7 heteroatoms. The van der Waals surface area contributed by atoms with Crippen molar-refractivity contribution < 1.29 is 22.3 Å². The van der Waals surface area contributed by atoms with E-state index in [1.165, 1.54) is 24.3 Å². The van der Waals surface area contributed by atoms with Gasteiger partial charge in [0, 0.05) is 6.07 Å². The lowest BCUT2D eigenvalue weighted by Gasteiger charge is -2.14. The number of nitriles is 1. The van der Waals surface area contributed by atoms with Crippen molar-refractivity contribution in [3.05, 3.63) is 76.6 Å². The summed E-state index contributed by atoms with van der Waals surface area (Å²) in [5, 5.41) is 9.80. The molecule has 0 amide bonds. The Morgan fingerprint density at radius 2 is 1.76 bits per heavy atom. The zero-order valence-electron chi connectivity index (χ0n) is 14.8. The molecule has 0 saturated carbocycles. The Morgan fingerprint density at radius 1 is 1.00 bits per heavy atom. The number of benzene rings is 3. The van der Waals surface area contributed by atoms with Gasteiger partial charge in [0.25, 0.3) is 0 Å². The molecule has 0 spiro atoms. The maximum atomic E-state index is 13.8. The number of fused-ring (bicyclic) bond motifs is 2. The Bertz CT molecular complexity index is 1330. The van der Waals surface area contributed by atoms with Crippen LogP contribution in [0.15, 0.2) is 69.9 Å². The highest BCUT2D eigenvalue weighted by molar-refractivity contribution is 5.98. The van der Waals surface area contributed by atoms with Crippen LogP contribution in [0, 0.1) is 11.3 Å². The third-order valence-electron chi connectivity index (χ3n) is 4.48. The monoisotopic (exact) mass is 395 g/mol. The summed E-state index contributed by atoms with van der Waals surface area (Å²) >= 11 is 0. The average Bonchev–Trinajstić information content (AvgIpc) is 2.71. The molecule has 0 fully saturated rings. The second kappa shape index (κ2) is 6.99. The van der Waals surface area contributed by atoms with Gasteiger partial charge < -0.3 is 9.15 Å². The minimum atomic E-state index is -4.89. The maximum Gasteiger partial charge on any atom is 0.450 e. The molecule has 4 rings (SSSR count). The largest absolute Gasteiger partial charge is 0.479 e. The number of ether oxygens (including phenoxy) is 1. The van der Waals surface area contributed by atoms with E-state index in [-0.39, 0.29) is 28.9 Å². The lowest BCUT2D eigenvalue weighted by molar-refractivity contribution is -0.152. The van der Waals surface area contributed by atoms with Crippen molar-refractivity contribution in [1.29, 1.82) is 5.26 Å². The highest BCUT2D eigenvalue weighted by atomic mass is 19.4. The molecule has 0 aliphatic carbocycles. The van der Waals surface area contributed by atoms with Crippen LogP contribution in [0.5, 0.6) is 5.75 Å². The van der Waals surface area contributed by atoms with Gasteiger partial charge in [-0.1, -0.05) is 42.5 Å². The third-order valence-corrected chi connectivity index (χ3v) is 4.48. The quantitative estimate of drug-likeness (QED) is 0.457. The molecular formula is C22H12F3NO3. The summed E-state index contributed by atoms with van der Waals surface area (Å²) in [6.07, 6.45) is -4.89. The van der Waals surface area contributed by atoms with Crippen molar-refractivity contribution in [2.45, 2.75) is 6.18 Å². The van der Waals surface area contributed by atoms with Crippen molar-refractivity contribution in [1.82, 2.24) is 0 Å². The summed E-state index contributed by atoms with van der Waals surface area (Å²) in [7, 11) is 0. The van der Waals surface area contributed by atoms with Gasteiger partial charge in [-0.15, -0.1) is 0 Å². The van der Waals surface area contributed by atoms with E-state index in [9.17, 15) is 18.0 Å². The van der Waals surface area contributed by atoms with Crippen molar-refractivity contribution in [3.8, 4) is 22.9 Å². The average molecular weight is 395 g/mol. The van der Waals surface area contributed by atoms with Gasteiger partial charge in [0.1, 0.15) is 17.4 Å². The van der Waals surface area contributed by atoms with E-state index in [0.717, 1.165) is 0 Å². The molecule has 0 radical (unpaired) electrons. The first-order valence-electron chi connectivity index (χ1n) is 8.56. The highest BCUT2D eigenvalue weighted by Crippen LogP contribution is 2.39. The van der Waals surface area contributed by atoms with E-state index in [0.29, 0.717) is 10.8 Å². The van der Waals surface area contributed by atoms with Gasteiger partial charge in [0.2, 0.25) is 11.2 Å². The Labute approximate surface area is 162 Å². The summed E-state index contributed by atoms with van der Waals surface area (Å²) in [5.41, 5.74) is -1.44. The van der Waals surface area contributed by atoms with E-state index < -0.39 is 22.9 Å². The molecule has 0 bridgehead atoms. The minimum Gasteiger partial charge on any atom is -0.479 e. The summed E-state index contributed by atoms with van der Waals surface area (Å²) in [4.78, 5) is 13.1. The lowest BCUT2D eigenvalue weighted by Crippen LogP contribution is -2.16. The Hall–Kier alpha value is -3.79. The lowest BCUT2D eigenvalue weighted by atomic mass is 9.96. The minimum absolute atomic E-state index is 0.00904. The highest BCUT2D eigenvalue weighted by Gasteiger charge is 2.39. The maximum absolute atomic E-state index is 13.8. The standard InChI is InChI=1S/C22H12F3NO3/c23-22(24,25)21-19(16-7-3-5-13-4-1-2-6-15(13)16)20(27)17-9-8-14(28-11-10-26)12-18(17)29-21/h1-9,12H,11H2. The van der Waals surface area contributed by atoms with Crippen LogP contribution < -0.4 is 10.2 Å². The van der Waals surface area contributed by atoms with Crippen molar-refractivity contribution in [2.75, 3.05) is 6.61 Å². The van der Waals surface area contributed by atoms with Crippen molar-refractivity contribution in [3.63, 3.8) is 0 Å². The molecule has 1 aromatic heterocycles. The molecule has 0 unspecified atom stereocenters. The van der Waals surface area contributed by atoms with Crippen LogP contribution in [0.4, 0.5) is 13.2 Å². The van der Waals surface area contributed by atoms with Gasteiger partial charge in [-0.05, 0) is 28.5 Å². The van der Waals surface area contributed by atoms with Gasteiger partial charge in [-0.2, -0.15) is 18.4 Å². The van der Waals surface area contributed by atoms with Gasteiger partial charge in [0.05, 0.1) is 10.9 Å². The predicted octanol–water partition coefficient (Wildman–Crippen LogP) is 5.53. The van der Waals surface area contributed by atoms with Crippen LogP contribution in [-0.4, -0.2) is 6.61 Å². The first-order chi connectivity index (χ1) is 13.9. The number of rotatable bonds is 3. The number of hydrogen-bond acceptors (Lipinski definition) is 4. The topological polar surface area (TPSA) is 63.2 Å². The number of hydrogen-bond donors (Lipinski definition) is 0. The first-order valence-corrected chi connectivity index (χ1v) is 8.56. The second-order valence-corrected chi connectivity index (χ2v) is 6.26. The fourth-order valence-electron chi connectivity index (χ4n) is 3.27. The molecule has 0 saturated heterocycles. The SMILES string of the molecule is N#CCOc1ccc2c(=O)c(-c3cccc4ccccc34)c(C(F)(F)F)oc2c1.